The molecule has 5 nitrogen and oxygen atoms in total. The highest BCUT2D eigenvalue weighted by Gasteiger charge is 2.27. The summed E-state index contributed by atoms with van der Waals surface area (Å²) in [5.41, 5.74) is 6.52. The molecule has 1 heterocycles. The molecule has 1 amide bonds. The molecule has 20 heavy (non-hydrogen) atoms. The van der Waals surface area contributed by atoms with Crippen molar-refractivity contribution < 1.29 is 14.3 Å². The van der Waals surface area contributed by atoms with Crippen LogP contribution in [0.25, 0.3) is 0 Å². The van der Waals surface area contributed by atoms with Crippen molar-refractivity contribution in [3.63, 3.8) is 0 Å². The maximum Gasteiger partial charge on any atom is 0.234 e. The van der Waals surface area contributed by atoms with Crippen molar-refractivity contribution >= 4 is 5.91 Å². The van der Waals surface area contributed by atoms with E-state index in [0.29, 0.717) is 12.3 Å². The Balaban J connectivity index is 2.22. The van der Waals surface area contributed by atoms with Crippen molar-refractivity contribution in [3.8, 4) is 11.5 Å². The molecule has 0 spiro atoms. The molecule has 2 N–H and O–H groups in total. The van der Waals surface area contributed by atoms with E-state index in [0.717, 1.165) is 37.1 Å². The van der Waals surface area contributed by atoms with Gasteiger partial charge in [-0.1, -0.05) is 18.6 Å². The average molecular weight is 278 g/mol. The molecule has 0 aromatic heterocycles. The lowest BCUT2D eigenvalue weighted by molar-refractivity contribution is -0.124. The van der Waals surface area contributed by atoms with Crippen LogP contribution < -0.4 is 15.2 Å². The molecule has 0 bridgehead atoms. The van der Waals surface area contributed by atoms with Crippen molar-refractivity contribution in [1.82, 2.24) is 4.90 Å². The number of primary amides is 1. The van der Waals surface area contributed by atoms with Crippen molar-refractivity contribution in [3.05, 3.63) is 23.8 Å². The summed E-state index contributed by atoms with van der Waals surface area (Å²) in [4.78, 5) is 13.7. The zero-order valence-corrected chi connectivity index (χ0v) is 12.1. The van der Waals surface area contributed by atoms with Crippen LogP contribution in [0.15, 0.2) is 18.2 Å². The van der Waals surface area contributed by atoms with Crippen molar-refractivity contribution in [2.75, 3.05) is 20.8 Å². The molecule has 1 aromatic rings. The number of nitrogens with two attached hydrogens (primary N) is 1. The molecule has 0 saturated carbocycles. The SMILES string of the molecule is COc1cccc(CN2CCCCC2C(N)=O)c1OC. The maximum absolute atomic E-state index is 11.6. The van der Waals surface area contributed by atoms with Gasteiger partial charge in [0.15, 0.2) is 11.5 Å². The lowest BCUT2D eigenvalue weighted by Gasteiger charge is -2.33. The van der Waals surface area contributed by atoms with Gasteiger partial charge in [-0.3, -0.25) is 9.69 Å². The number of carbonyl (C=O) groups excluding carboxylic acids is 1. The number of hydrogen-bond acceptors (Lipinski definition) is 4. The van der Waals surface area contributed by atoms with E-state index in [9.17, 15) is 4.79 Å². The van der Waals surface area contributed by atoms with Crippen LogP contribution in [0.3, 0.4) is 0 Å². The topological polar surface area (TPSA) is 64.8 Å². The minimum absolute atomic E-state index is 0.181. The molecular formula is C15H22N2O3. The third-order valence-corrected chi connectivity index (χ3v) is 3.80. The standard InChI is InChI=1S/C15H22N2O3/c1-19-13-8-5-6-11(14(13)20-2)10-17-9-4-3-7-12(17)15(16)18/h5-6,8,12H,3-4,7,9-10H2,1-2H3,(H2,16,18). The van der Waals surface area contributed by atoms with E-state index in [4.69, 9.17) is 15.2 Å². The Labute approximate surface area is 119 Å². The summed E-state index contributed by atoms with van der Waals surface area (Å²) in [5.74, 6) is 1.19. The fraction of sp³-hybridized carbons (Fsp3) is 0.533. The quantitative estimate of drug-likeness (QED) is 0.887. The van der Waals surface area contributed by atoms with Gasteiger partial charge in [0.05, 0.1) is 20.3 Å². The van der Waals surface area contributed by atoms with Crippen molar-refractivity contribution in [1.29, 1.82) is 0 Å². The van der Waals surface area contributed by atoms with Crippen LogP contribution in [0, 0.1) is 0 Å². The van der Waals surface area contributed by atoms with Gasteiger partial charge >= 0.3 is 0 Å². The van der Waals surface area contributed by atoms with E-state index in [2.05, 4.69) is 4.90 Å². The van der Waals surface area contributed by atoms with E-state index in [1.807, 2.05) is 18.2 Å². The zero-order chi connectivity index (χ0) is 14.5. The predicted octanol–water partition coefficient (Wildman–Crippen LogP) is 1.54. The monoisotopic (exact) mass is 278 g/mol. The van der Waals surface area contributed by atoms with Crippen LogP contribution in [0.1, 0.15) is 24.8 Å². The van der Waals surface area contributed by atoms with Crippen molar-refractivity contribution in [2.24, 2.45) is 5.73 Å². The zero-order valence-electron chi connectivity index (χ0n) is 12.1. The van der Waals surface area contributed by atoms with Crippen molar-refractivity contribution in [2.45, 2.75) is 31.8 Å². The number of methoxy groups -OCH3 is 2. The lowest BCUT2D eigenvalue weighted by Crippen LogP contribution is -2.47. The largest absolute Gasteiger partial charge is 0.493 e. The second kappa shape index (κ2) is 6.61. The Kier molecular flexibility index (Phi) is 4.84. The molecular weight excluding hydrogens is 256 g/mol. The number of nitrogens with zero attached hydrogens (tertiary/aromatic N) is 1. The molecule has 0 aliphatic carbocycles. The molecule has 1 unspecified atom stereocenters. The second-order valence-corrected chi connectivity index (χ2v) is 5.04. The summed E-state index contributed by atoms with van der Waals surface area (Å²) >= 11 is 0. The summed E-state index contributed by atoms with van der Waals surface area (Å²) in [5, 5.41) is 0. The van der Waals surface area contributed by atoms with Crippen LogP contribution >= 0.6 is 0 Å². The van der Waals surface area contributed by atoms with Gasteiger partial charge in [-0.25, -0.2) is 0 Å². The van der Waals surface area contributed by atoms with Gasteiger partial charge in [0, 0.05) is 12.1 Å². The number of rotatable bonds is 5. The lowest BCUT2D eigenvalue weighted by atomic mass is 10.0. The molecule has 0 radical (unpaired) electrons. The van der Waals surface area contributed by atoms with Gasteiger partial charge in [0.1, 0.15) is 0 Å². The van der Waals surface area contributed by atoms with E-state index in [-0.39, 0.29) is 11.9 Å². The summed E-state index contributed by atoms with van der Waals surface area (Å²) < 4.78 is 10.7. The first kappa shape index (κ1) is 14.7. The maximum atomic E-state index is 11.6. The molecule has 110 valence electrons. The number of hydrogen-bond donors (Lipinski definition) is 1. The van der Waals surface area contributed by atoms with E-state index in [1.54, 1.807) is 14.2 Å². The minimum Gasteiger partial charge on any atom is -0.493 e. The molecule has 1 saturated heterocycles. The molecule has 1 aliphatic rings. The van der Waals surface area contributed by atoms with Gasteiger partial charge in [-0.15, -0.1) is 0 Å². The summed E-state index contributed by atoms with van der Waals surface area (Å²) in [6, 6.07) is 5.61. The fourth-order valence-corrected chi connectivity index (χ4v) is 2.80. The highest BCUT2D eigenvalue weighted by Crippen LogP contribution is 2.32. The third kappa shape index (κ3) is 3.04. The van der Waals surface area contributed by atoms with E-state index < -0.39 is 0 Å². The van der Waals surface area contributed by atoms with E-state index in [1.165, 1.54) is 0 Å². The highest BCUT2D eigenvalue weighted by atomic mass is 16.5. The van der Waals surface area contributed by atoms with Gasteiger partial charge < -0.3 is 15.2 Å². The first-order valence-electron chi connectivity index (χ1n) is 6.90. The molecule has 2 rings (SSSR count). The Morgan fingerprint density at radius 2 is 2.15 bits per heavy atom. The highest BCUT2D eigenvalue weighted by molar-refractivity contribution is 5.79. The molecule has 1 aromatic carbocycles. The van der Waals surface area contributed by atoms with Crippen LogP contribution in [0.5, 0.6) is 11.5 Å². The Bertz CT molecular complexity index is 476. The number of piperidine rings is 1. The van der Waals surface area contributed by atoms with Crippen LogP contribution in [-0.2, 0) is 11.3 Å². The number of amides is 1. The number of ether oxygens (including phenoxy) is 2. The van der Waals surface area contributed by atoms with Crippen LogP contribution in [0.4, 0.5) is 0 Å². The Morgan fingerprint density at radius 3 is 2.80 bits per heavy atom. The third-order valence-electron chi connectivity index (χ3n) is 3.80. The van der Waals surface area contributed by atoms with Gasteiger partial charge in [-0.2, -0.15) is 0 Å². The normalized spacial score (nSPS) is 19.6. The molecule has 1 fully saturated rings. The fourth-order valence-electron chi connectivity index (χ4n) is 2.80. The Morgan fingerprint density at radius 1 is 1.35 bits per heavy atom. The van der Waals surface area contributed by atoms with E-state index >= 15 is 0 Å². The Hall–Kier alpha value is -1.75. The summed E-state index contributed by atoms with van der Waals surface area (Å²) in [7, 11) is 3.25. The number of benzene rings is 1. The van der Waals surface area contributed by atoms with Crippen LogP contribution in [0.2, 0.25) is 0 Å². The van der Waals surface area contributed by atoms with Crippen LogP contribution in [-0.4, -0.2) is 37.6 Å². The smallest absolute Gasteiger partial charge is 0.234 e. The molecule has 1 atom stereocenters. The van der Waals surface area contributed by atoms with Gasteiger partial charge in [0.25, 0.3) is 0 Å². The summed E-state index contributed by atoms with van der Waals surface area (Å²) in [6.07, 6.45) is 2.98. The number of carbonyl (C=O) groups is 1. The molecule has 1 aliphatic heterocycles. The summed E-state index contributed by atoms with van der Waals surface area (Å²) in [6.45, 7) is 1.53. The number of likely N-dealkylation sites (tertiary alicyclic amines) is 1. The molecule has 5 heteroatoms. The first-order valence-corrected chi connectivity index (χ1v) is 6.90. The minimum atomic E-state index is -0.244. The van der Waals surface area contributed by atoms with Gasteiger partial charge in [0.2, 0.25) is 5.91 Å². The predicted molar refractivity (Wildman–Crippen MR) is 76.8 cm³/mol. The first-order chi connectivity index (χ1) is 9.67. The average Bonchev–Trinajstić information content (AvgIpc) is 2.47. The number of para-hydroxylation sites is 1. The van der Waals surface area contributed by atoms with Gasteiger partial charge in [-0.05, 0) is 25.5 Å². The second-order valence-electron chi connectivity index (χ2n) is 5.04.